The summed E-state index contributed by atoms with van der Waals surface area (Å²) in [6.45, 7) is 6.04. The Morgan fingerprint density at radius 3 is 2.43 bits per heavy atom. The minimum atomic E-state index is -0.722. The zero-order valence-electron chi connectivity index (χ0n) is 19.4. The Bertz CT molecular complexity index is 1480. The zero-order chi connectivity index (χ0) is 25.1. The summed E-state index contributed by atoms with van der Waals surface area (Å²) in [6, 6.07) is 12.4. The van der Waals surface area contributed by atoms with E-state index in [9.17, 15) is 19.7 Å². The molecule has 180 valence electrons. The van der Waals surface area contributed by atoms with Gasteiger partial charge in [0.05, 0.1) is 40.0 Å². The molecule has 0 bridgehead atoms. The molecule has 10 heteroatoms. The maximum atomic E-state index is 13.6. The zero-order valence-corrected chi connectivity index (χ0v) is 20.2. The van der Waals surface area contributed by atoms with Crippen LogP contribution in [0.1, 0.15) is 37.9 Å². The van der Waals surface area contributed by atoms with Crippen LogP contribution in [-0.2, 0) is 9.53 Å². The topological polar surface area (TPSA) is 113 Å². The molecule has 1 atom stereocenters. The number of hydrogen-bond acceptors (Lipinski definition) is 8. The molecule has 1 aromatic heterocycles. The highest BCUT2D eigenvalue weighted by Gasteiger charge is 2.33. The van der Waals surface area contributed by atoms with Crippen LogP contribution in [-0.4, -0.2) is 28.7 Å². The van der Waals surface area contributed by atoms with Crippen LogP contribution < -0.4 is 19.6 Å². The summed E-state index contributed by atoms with van der Waals surface area (Å²) in [5.74, 6) is 0.150. The van der Waals surface area contributed by atoms with Gasteiger partial charge in [-0.1, -0.05) is 23.5 Å². The predicted molar refractivity (Wildman–Crippen MR) is 131 cm³/mol. The number of aromatic nitrogens is 1. The van der Waals surface area contributed by atoms with E-state index in [0.717, 1.165) is 0 Å². The molecule has 2 heterocycles. The molecule has 4 rings (SSSR count). The number of allylic oxidation sites excluding steroid dienone is 1. The number of non-ortho nitro benzene ring substituents is 1. The van der Waals surface area contributed by atoms with E-state index < -0.39 is 16.9 Å². The van der Waals surface area contributed by atoms with Crippen molar-refractivity contribution in [2.45, 2.75) is 26.8 Å². The number of rotatable bonds is 7. The maximum absolute atomic E-state index is 13.6. The van der Waals surface area contributed by atoms with Gasteiger partial charge in [0, 0.05) is 12.1 Å². The summed E-state index contributed by atoms with van der Waals surface area (Å²) in [5, 5.41) is 10.9. The summed E-state index contributed by atoms with van der Waals surface area (Å²) < 4.78 is 12.7. The average Bonchev–Trinajstić information content (AvgIpc) is 3.13. The van der Waals surface area contributed by atoms with Crippen molar-refractivity contribution in [2.75, 3.05) is 13.2 Å². The molecule has 0 amide bonds. The lowest BCUT2D eigenvalue weighted by molar-refractivity contribution is -0.384. The Balaban J connectivity index is 1.88. The maximum Gasteiger partial charge on any atom is 0.338 e. The summed E-state index contributed by atoms with van der Waals surface area (Å²) in [6.07, 6.45) is 1.66. The molecular formula is C25H23N3O6S. The first-order valence-corrected chi connectivity index (χ1v) is 11.8. The number of benzene rings is 2. The van der Waals surface area contributed by atoms with Crippen molar-refractivity contribution in [3.63, 3.8) is 0 Å². The quantitative estimate of drug-likeness (QED) is 0.284. The second-order valence-corrected chi connectivity index (χ2v) is 8.66. The molecule has 0 spiro atoms. The molecule has 9 nitrogen and oxygen atoms in total. The standard InChI is InChI=1S/C25H23N3O6S/c1-4-33-19-12-8-17(9-13-19)22-21(24(30)34-5-2)15(3)26-25-27(22)23(29)20(35-25)14-16-6-10-18(11-7-16)28(31)32/h6-14,22H,4-5H2,1-3H3. The molecule has 0 aliphatic carbocycles. The summed E-state index contributed by atoms with van der Waals surface area (Å²) >= 11 is 1.19. The number of hydrogen-bond donors (Lipinski definition) is 0. The average molecular weight is 494 g/mol. The number of fused-ring (bicyclic) bond motifs is 1. The van der Waals surface area contributed by atoms with Crippen molar-refractivity contribution >= 4 is 29.1 Å². The van der Waals surface area contributed by atoms with Gasteiger partial charge in [-0.2, -0.15) is 0 Å². The highest BCUT2D eigenvalue weighted by Crippen LogP contribution is 2.31. The third-order valence-corrected chi connectivity index (χ3v) is 6.41. The van der Waals surface area contributed by atoms with Gasteiger partial charge in [-0.25, -0.2) is 9.79 Å². The second-order valence-electron chi connectivity index (χ2n) is 7.65. The van der Waals surface area contributed by atoms with E-state index in [2.05, 4.69) is 4.99 Å². The van der Waals surface area contributed by atoms with Crippen LogP contribution in [0.25, 0.3) is 6.08 Å². The molecule has 1 aliphatic rings. The third-order valence-electron chi connectivity index (χ3n) is 5.43. The Morgan fingerprint density at radius 2 is 1.83 bits per heavy atom. The molecule has 35 heavy (non-hydrogen) atoms. The van der Waals surface area contributed by atoms with Crippen molar-refractivity contribution in [3.8, 4) is 5.75 Å². The van der Waals surface area contributed by atoms with E-state index in [-0.39, 0.29) is 17.9 Å². The van der Waals surface area contributed by atoms with E-state index in [4.69, 9.17) is 9.47 Å². The van der Waals surface area contributed by atoms with E-state index in [0.29, 0.717) is 44.1 Å². The molecule has 2 aromatic carbocycles. The number of nitro groups is 1. The third kappa shape index (κ3) is 4.78. The van der Waals surface area contributed by atoms with Crippen molar-refractivity contribution in [2.24, 2.45) is 4.99 Å². The van der Waals surface area contributed by atoms with Crippen LogP contribution in [0.2, 0.25) is 0 Å². The minimum Gasteiger partial charge on any atom is -0.494 e. The first-order chi connectivity index (χ1) is 16.8. The van der Waals surface area contributed by atoms with E-state index >= 15 is 0 Å². The van der Waals surface area contributed by atoms with Crippen molar-refractivity contribution < 1.29 is 19.2 Å². The molecule has 0 N–H and O–H groups in total. The highest BCUT2D eigenvalue weighted by molar-refractivity contribution is 7.07. The molecular weight excluding hydrogens is 470 g/mol. The summed E-state index contributed by atoms with van der Waals surface area (Å²) in [4.78, 5) is 41.9. The number of nitrogens with zero attached hydrogens (tertiary/aromatic N) is 3. The van der Waals surface area contributed by atoms with E-state index in [1.54, 1.807) is 44.2 Å². The lowest BCUT2D eigenvalue weighted by Crippen LogP contribution is -2.39. The monoisotopic (exact) mass is 493 g/mol. The van der Waals surface area contributed by atoms with Gasteiger partial charge in [-0.05, 0) is 62.2 Å². The van der Waals surface area contributed by atoms with Crippen LogP contribution in [0.5, 0.6) is 5.75 Å². The van der Waals surface area contributed by atoms with Crippen LogP contribution in [0.15, 0.2) is 69.6 Å². The Kier molecular flexibility index (Phi) is 6.92. The summed E-state index contributed by atoms with van der Waals surface area (Å²) in [7, 11) is 0. The largest absolute Gasteiger partial charge is 0.494 e. The van der Waals surface area contributed by atoms with Gasteiger partial charge in [0.1, 0.15) is 5.75 Å². The molecule has 0 saturated carbocycles. The van der Waals surface area contributed by atoms with Crippen LogP contribution in [0.3, 0.4) is 0 Å². The van der Waals surface area contributed by atoms with Gasteiger partial charge in [0.25, 0.3) is 11.2 Å². The van der Waals surface area contributed by atoms with Gasteiger partial charge < -0.3 is 9.47 Å². The first-order valence-electron chi connectivity index (χ1n) is 11.0. The fourth-order valence-electron chi connectivity index (χ4n) is 3.86. The molecule has 0 saturated heterocycles. The predicted octanol–water partition coefficient (Wildman–Crippen LogP) is 3.11. The number of nitro benzene ring substituents is 1. The second kappa shape index (κ2) is 10.1. The van der Waals surface area contributed by atoms with Gasteiger partial charge in [-0.15, -0.1) is 0 Å². The fourth-order valence-corrected chi connectivity index (χ4v) is 4.91. The fraction of sp³-hybridized carbons (Fsp3) is 0.240. The molecule has 0 fully saturated rings. The number of esters is 1. The van der Waals surface area contributed by atoms with Gasteiger partial charge in [0.15, 0.2) is 4.80 Å². The number of thiazole rings is 1. The van der Waals surface area contributed by atoms with Gasteiger partial charge in [-0.3, -0.25) is 19.5 Å². The van der Waals surface area contributed by atoms with Gasteiger partial charge in [0.2, 0.25) is 0 Å². The van der Waals surface area contributed by atoms with E-state index in [1.807, 2.05) is 19.1 Å². The van der Waals surface area contributed by atoms with Crippen LogP contribution in [0.4, 0.5) is 5.69 Å². The summed E-state index contributed by atoms with van der Waals surface area (Å²) in [5.41, 5.74) is 1.78. The normalized spacial score (nSPS) is 15.4. The number of ether oxygens (including phenoxy) is 2. The molecule has 1 aliphatic heterocycles. The van der Waals surface area contributed by atoms with Crippen LogP contribution in [0, 0.1) is 10.1 Å². The molecule has 3 aromatic rings. The SMILES string of the molecule is CCOC(=O)C1=C(C)N=c2sc(=Cc3ccc([N+](=O)[O-])cc3)c(=O)n2C1c1ccc(OCC)cc1. The van der Waals surface area contributed by atoms with Crippen molar-refractivity contribution in [1.82, 2.24) is 4.57 Å². The number of carbonyl (C=O) groups excluding carboxylic acids is 1. The Labute approximate surface area is 204 Å². The Hall–Kier alpha value is -4.05. The van der Waals surface area contributed by atoms with Gasteiger partial charge >= 0.3 is 5.97 Å². The van der Waals surface area contributed by atoms with Crippen molar-refractivity contribution in [1.29, 1.82) is 0 Å². The number of carbonyl (C=O) groups is 1. The molecule has 1 unspecified atom stereocenters. The lowest BCUT2D eigenvalue weighted by atomic mass is 9.96. The smallest absolute Gasteiger partial charge is 0.338 e. The lowest BCUT2D eigenvalue weighted by Gasteiger charge is -2.24. The molecule has 0 radical (unpaired) electrons. The highest BCUT2D eigenvalue weighted by atomic mass is 32.1. The minimum absolute atomic E-state index is 0.0335. The van der Waals surface area contributed by atoms with Crippen molar-refractivity contribution in [3.05, 3.63) is 101 Å². The Morgan fingerprint density at radius 1 is 1.14 bits per heavy atom. The van der Waals surface area contributed by atoms with Crippen LogP contribution >= 0.6 is 11.3 Å². The van der Waals surface area contributed by atoms with E-state index in [1.165, 1.54) is 28.0 Å². The first kappa shape index (κ1) is 24.1.